The van der Waals surface area contributed by atoms with E-state index in [0.717, 1.165) is 28.1 Å². The first-order valence-corrected chi connectivity index (χ1v) is 15.1. The summed E-state index contributed by atoms with van der Waals surface area (Å²) in [5.41, 5.74) is 5.91. The summed E-state index contributed by atoms with van der Waals surface area (Å²) < 4.78 is 5.39. The second-order valence-electron chi connectivity index (χ2n) is 11.4. The summed E-state index contributed by atoms with van der Waals surface area (Å²) in [4.78, 5) is 23.0. The van der Waals surface area contributed by atoms with E-state index < -0.39 is 15.9 Å². The Labute approximate surface area is 260 Å². The first-order valence-electron chi connectivity index (χ1n) is 14.3. The van der Waals surface area contributed by atoms with Crippen LogP contribution in [0.5, 0.6) is 0 Å². The molecule has 2 aliphatic heterocycles. The molecule has 1 spiro atoms. The fourth-order valence-electron chi connectivity index (χ4n) is 5.34. The van der Waals surface area contributed by atoms with E-state index in [2.05, 4.69) is 45.0 Å². The zero-order chi connectivity index (χ0) is 31.1. The molecule has 222 valence electrons. The lowest BCUT2D eigenvalue weighted by Gasteiger charge is -2.47. The van der Waals surface area contributed by atoms with E-state index in [-0.39, 0.29) is 22.8 Å². The molecule has 0 radical (unpaired) electrons. The molecule has 0 amide bonds. The maximum absolute atomic E-state index is 13.2. The van der Waals surface area contributed by atoms with Crippen molar-refractivity contribution in [2.24, 2.45) is 10.2 Å². The van der Waals surface area contributed by atoms with Crippen LogP contribution < -0.4 is 10.0 Å². The molecular weight excluding hydrogens is 574 g/mol. The van der Waals surface area contributed by atoms with Crippen LogP contribution in [0, 0.1) is 10.1 Å². The topological polar surface area (TPSA) is 101 Å². The molecule has 0 bridgehead atoms. The number of nitro groups is 1. The van der Waals surface area contributed by atoms with Gasteiger partial charge in [-0.3, -0.25) is 10.1 Å². The number of ether oxygens (including phenoxy) is 1. The number of anilines is 2. The number of benzene rings is 4. The van der Waals surface area contributed by atoms with Crippen LogP contribution in [0.15, 0.2) is 113 Å². The fraction of sp³-hybridized carbons (Fsp3) is 0.206. The molecule has 4 aromatic carbocycles. The van der Waals surface area contributed by atoms with Crippen molar-refractivity contribution in [1.82, 2.24) is 0 Å². The number of carbonyl (C=O) groups is 1. The van der Waals surface area contributed by atoms with Crippen molar-refractivity contribution < 1.29 is 14.5 Å². The molecule has 6 rings (SSSR count). The highest BCUT2D eigenvalue weighted by Gasteiger charge is 2.56. The van der Waals surface area contributed by atoms with Gasteiger partial charge in [-0.15, -0.1) is 0 Å². The van der Waals surface area contributed by atoms with Crippen molar-refractivity contribution in [3.05, 3.63) is 135 Å². The minimum absolute atomic E-state index is 0.00245. The third-order valence-electron chi connectivity index (χ3n) is 7.52. The van der Waals surface area contributed by atoms with Crippen LogP contribution in [0.2, 0.25) is 0 Å². The minimum atomic E-state index is -1.20. The summed E-state index contributed by atoms with van der Waals surface area (Å²) in [7, 11) is 0. The third-order valence-corrected chi connectivity index (χ3v) is 8.81. The zero-order valence-corrected chi connectivity index (χ0v) is 25.6. The minimum Gasteiger partial charge on any atom is -0.461 e. The smallest absolute Gasteiger partial charge is 0.365 e. The van der Waals surface area contributed by atoms with Crippen molar-refractivity contribution in [3.8, 4) is 0 Å². The van der Waals surface area contributed by atoms with Crippen LogP contribution in [-0.2, 0) is 19.9 Å². The van der Waals surface area contributed by atoms with Gasteiger partial charge in [-0.25, -0.2) is 14.8 Å². The number of hydrogen-bond acceptors (Lipinski definition) is 9. The second-order valence-corrected chi connectivity index (χ2v) is 12.6. The fourth-order valence-corrected chi connectivity index (χ4v) is 6.62. The average Bonchev–Trinajstić information content (AvgIpc) is 3.43. The number of thioether (sulfide) groups is 1. The Hall–Kier alpha value is -4.96. The van der Waals surface area contributed by atoms with Gasteiger partial charge in [-0.1, -0.05) is 87.5 Å². The standard InChI is InChI=1S/C34H31N5O4S/c1-5-43-32(40)31-36-38(26-19-21-27(22-20-26)39(41)42)34(44-31)29-14-10-9-13-28(29)30(35-37(34)25-11-7-6-8-12-25)23-15-17-24(18-16-23)33(2,3)4/h6-22H,5H2,1-4H3/t34-/m0/s1. The number of hydrogen-bond donors (Lipinski definition) is 0. The van der Waals surface area contributed by atoms with Gasteiger partial charge in [0.25, 0.3) is 5.69 Å². The Bertz CT molecular complexity index is 1780. The Kier molecular flexibility index (Phi) is 7.46. The van der Waals surface area contributed by atoms with Crippen molar-refractivity contribution >= 4 is 45.5 Å². The van der Waals surface area contributed by atoms with E-state index in [0.29, 0.717) is 5.69 Å². The van der Waals surface area contributed by atoms with Gasteiger partial charge in [0.1, 0.15) is 0 Å². The summed E-state index contributed by atoms with van der Waals surface area (Å²) in [6.45, 7) is 8.48. The number of fused-ring (bicyclic) bond motifs is 2. The predicted octanol–water partition coefficient (Wildman–Crippen LogP) is 7.41. The van der Waals surface area contributed by atoms with Crippen molar-refractivity contribution in [2.45, 2.75) is 38.1 Å². The molecule has 0 aliphatic carbocycles. The highest BCUT2D eigenvalue weighted by molar-refractivity contribution is 8.16. The molecule has 0 N–H and O–H groups in total. The van der Waals surface area contributed by atoms with Gasteiger partial charge in [0.2, 0.25) is 10.0 Å². The van der Waals surface area contributed by atoms with Crippen LogP contribution in [0.3, 0.4) is 0 Å². The Balaban J connectivity index is 1.60. The third kappa shape index (κ3) is 5.01. The number of para-hydroxylation sites is 1. The molecule has 9 nitrogen and oxygen atoms in total. The van der Waals surface area contributed by atoms with Gasteiger partial charge < -0.3 is 4.74 Å². The average molecular weight is 606 g/mol. The molecule has 0 unspecified atom stereocenters. The lowest BCUT2D eigenvalue weighted by Crippen LogP contribution is -2.54. The molecule has 0 fully saturated rings. The van der Waals surface area contributed by atoms with Gasteiger partial charge in [0.15, 0.2) is 0 Å². The van der Waals surface area contributed by atoms with E-state index in [1.807, 2.05) is 59.6 Å². The summed E-state index contributed by atoms with van der Waals surface area (Å²) >= 11 is 1.23. The van der Waals surface area contributed by atoms with E-state index in [4.69, 9.17) is 14.9 Å². The largest absolute Gasteiger partial charge is 0.461 e. The monoisotopic (exact) mass is 605 g/mol. The summed E-state index contributed by atoms with van der Waals surface area (Å²) in [5, 5.41) is 25.3. The van der Waals surface area contributed by atoms with Crippen LogP contribution in [0.1, 0.15) is 49.9 Å². The van der Waals surface area contributed by atoms with Crippen LogP contribution in [0.25, 0.3) is 0 Å². The van der Waals surface area contributed by atoms with Crippen LogP contribution in [0.4, 0.5) is 17.1 Å². The highest BCUT2D eigenvalue weighted by atomic mass is 32.2. The quantitative estimate of drug-likeness (QED) is 0.128. The Morgan fingerprint density at radius 1 is 0.864 bits per heavy atom. The molecule has 4 aromatic rings. The van der Waals surface area contributed by atoms with Crippen LogP contribution in [-0.4, -0.2) is 28.3 Å². The number of carbonyl (C=O) groups excluding carboxylic acids is 1. The van der Waals surface area contributed by atoms with Gasteiger partial charge in [0, 0.05) is 28.8 Å². The van der Waals surface area contributed by atoms with E-state index in [1.54, 1.807) is 24.1 Å². The maximum Gasteiger partial charge on any atom is 0.365 e. The number of hydrazone groups is 2. The zero-order valence-electron chi connectivity index (χ0n) is 24.8. The normalized spacial score (nSPS) is 17.6. The molecule has 0 aromatic heterocycles. The van der Waals surface area contributed by atoms with E-state index in [9.17, 15) is 14.9 Å². The van der Waals surface area contributed by atoms with E-state index >= 15 is 0 Å². The van der Waals surface area contributed by atoms with Gasteiger partial charge >= 0.3 is 5.97 Å². The number of nitro benzene ring substituents is 1. The molecule has 10 heteroatoms. The number of esters is 1. The molecule has 0 saturated heterocycles. The molecule has 44 heavy (non-hydrogen) atoms. The number of non-ortho nitro benzene ring substituents is 1. The van der Waals surface area contributed by atoms with Gasteiger partial charge in [0.05, 0.1) is 28.6 Å². The summed E-state index contributed by atoms with van der Waals surface area (Å²) in [5.74, 6) is -0.556. The second kappa shape index (κ2) is 11.3. The highest BCUT2D eigenvalue weighted by Crippen LogP contribution is 2.55. The molecule has 1 atom stereocenters. The predicted molar refractivity (Wildman–Crippen MR) is 175 cm³/mol. The van der Waals surface area contributed by atoms with Crippen molar-refractivity contribution in [3.63, 3.8) is 0 Å². The van der Waals surface area contributed by atoms with Crippen molar-refractivity contribution in [2.75, 3.05) is 16.6 Å². The number of nitrogens with zero attached hydrogens (tertiary/aromatic N) is 5. The first kappa shape index (κ1) is 29.1. The summed E-state index contributed by atoms with van der Waals surface area (Å²) in [6.07, 6.45) is 0. The van der Waals surface area contributed by atoms with Crippen LogP contribution >= 0.6 is 11.8 Å². The molecule has 2 aliphatic rings. The van der Waals surface area contributed by atoms with Gasteiger partial charge in [-0.2, -0.15) is 10.2 Å². The lowest BCUT2D eigenvalue weighted by molar-refractivity contribution is -0.384. The Morgan fingerprint density at radius 2 is 1.48 bits per heavy atom. The maximum atomic E-state index is 13.2. The molecular formula is C34H31N5O4S. The lowest BCUT2D eigenvalue weighted by atomic mass is 9.85. The number of rotatable bonds is 6. The van der Waals surface area contributed by atoms with Gasteiger partial charge in [-0.05, 0) is 53.9 Å². The van der Waals surface area contributed by atoms with Crippen molar-refractivity contribution in [1.29, 1.82) is 0 Å². The first-order chi connectivity index (χ1) is 21.1. The summed E-state index contributed by atoms with van der Waals surface area (Å²) in [6, 6.07) is 32.2. The van der Waals surface area contributed by atoms with E-state index in [1.165, 1.54) is 29.5 Å². The molecule has 0 saturated carbocycles. The molecule has 2 heterocycles. The Morgan fingerprint density at radius 3 is 2.11 bits per heavy atom. The SMILES string of the molecule is CCOC(=O)C1=NN(c2ccc([N+](=O)[O-])cc2)[C@]2(S1)c1ccccc1C(c1ccc(C(C)(C)C)cc1)=NN2c1ccccc1.